The predicted octanol–water partition coefficient (Wildman–Crippen LogP) is 3.09. The van der Waals surface area contributed by atoms with Gasteiger partial charge in [0.2, 0.25) is 0 Å². The van der Waals surface area contributed by atoms with Gasteiger partial charge in [0.15, 0.2) is 0 Å². The third-order valence-corrected chi connectivity index (χ3v) is 2.30. The number of nitrogens with zero attached hydrogens (tertiary/aromatic N) is 4. The smallest absolute Gasteiger partial charge is 0.334 e. The van der Waals surface area contributed by atoms with E-state index in [0.717, 1.165) is 0 Å². The molecule has 0 saturated heterocycles. The lowest BCUT2D eigenvalue weighted by Crippen LogP contribution is -2.14. The van der Waals surface area contributed by atoms with Gasteiger partial charge < -0.3 is 4.74 Å². The highest BCUT2D eigenvalue weighted by atomic mass is 35.5. The summed E-state index contributed by atoms with van der Waals surface area (Å²) >= 11 is 5.80. The average Bonchev–Trinajstić information content (AvgIpc) is 3.02. The Bertz CT molecular complexity index is 535. The number of hydrogen-bond donors (Lipinski definition) is 0. The van der Waals surface area contributed by atoms with E-state index in [9.17, 15) is 0 Å². The number of azo groups is 1. The highest BCUT2D eigenvalue weighted by molar-refractivity contribution is 6.30. The van der Waals surface area contributed by atoms with Crippen LogP contribution in [0.3, 0.4) is 0 Å². The van der Waals surface area contributed by atoms with Crippen molar-refractivity contribution in [3.8, 4) is 6.07 Å². The first-order chi connectivity index (χ1) is 8.20. The van der Waals surface area contributed by atoms with Crippen LogP contribution in [-0.2, 0) is 4.74 Å². The Kier molecular flexibility index (Phi) is 3.07. The van der Waals surface area contributed by atoms with Crippen LogP contribution in [0.25, 0.3) is 0 Å². The van der Waals surface area contributed by atoms with Crippen molar-refractivity contribution in [2.24, 2.45) is 15.2 Å². The summed E-state index contributed by atoms with van der Waals surface area (Å²) in [6.07, 6.45) is 0. The topological polar surface area (TPSA) is 70.1 Å². The Hall–Kier alpha value is -1.93. The normalized spacial score (nSPS) is 22.1. The molecule has 0 radical (unpaired) electrons. The quantitative estimate of drug-likeness (QED) is 0.771. The van der Waals surface area contributed by atoms with Crippen LogP contribution in [0.4, 0.5) is 5.69 Å². The average molecular weight is 249 g/mol. The summed E-state index contributed by atoms with van der Waals surface area (Å²) in [7, 11) is 0. The number of halogens is 1. The molecule has 1 aromatic rings. The maximum Gasteiger partial charge on any atom is 0.334 e. The van der Waals surface area contributed by atoms with Gasteiger partial charge in [0.1, 0.15) is 6.07 Å². The number of nitriles is 1. The van der Waals surface area contributed by atoms with Gasteiger partial charge in [-0.2, -0.15) is 15.4 Å². The number of ether oxygens (including phenoxy) is 1. The molecule has 1 aliphatic heterocycles. The second-order valence-corrected chi connectivity index (χ2v) is 3.75. The number of hydrogen-bond acceptors (Lipinski definition) is 5. The molecule has 1 aliphatic rings. The van der Waals surface area contributed by atoms with E-state index in [1.165, 1.54) is 0 Å². The number of benzene rings is 1. The molecule has 0 aromatic heterocycles. The van der Waals surface area contributed by atoms with Gasteiger partial charge in [0.25, 0.3) is 5.90 Å². The minimum atomic E-state index is -1.25. The van der Waals surface area contributed by atoms with Crippen molar-refractivity contribution in [2.75, 3.05) is 6.61 Å². The van der Waals surface area contributed by atoms with Gasteiger partial charge in [0.05, 0.1) is 12.3 Å². The summed E-state index contributed by atoms with van der Waals surface area (Å²) in [5.41, 5.74) is -0.678. The van der Waals surface area contributed by atoms with Crippen molar-refractivity contribution in [2.45, 2.75) is 12.6 Å². The third-order valence-electron chi connectivity index (χ3n) is 2.07. The first-order valence-corrected chi connectivity index (χ1v) is 5.41. The van der Waals surface area contributed by atoms with Crippen LogP contribution in [0, 0.1) is 11.3 Å². The second kappa shape index (κ2) is 4.52. The molecule has 1 heterocycles. The molecule has 86 valence electrons. The molecule has 0 fully saturated rings. The monoisotopic (exact) mass is 248 g/mol. The number of aliphatic imine (C=N–C) groups is 1. The standard InChI is InChI=1S/C11H9ClN4O/c1-2-17-10-11(7-13,14-10)16-15-9-5-3-4-8(12)6-9/h3-6H,2H2,1H3. The Balaban J connectivity index is 2.09. The van der Waals surface area contributed by atoms with Crippen molar-refractivity contribution in [1.29, 1.82) is 5.26 Å². The van der Waals surface area contributed by atoms with E-state index in [0.29, 0.717) is 23.2 Å². The van der Waals surface area contributed by atoms with E-state index in [1.807, 2.05) is 13.0 Å². The molecule has 1 atom stereocenters. The Morgan fingerprint density at radius 3 is 3.06 bits per heavy atom. The molecule has 0 spiro atoms. The van der Waals surface area contributed by atoms with Crippen molar-refractivity contribution in [1.82, 2.24) is 0 Å². The summed E-state index contributed by atoms with van der Waals surface area (Å²) in [6, 6.07) is 8.83. The van der Waals surface area contributed by atoms with Crippen molar-refractivity contribution >= 4 is 23.2 Å². The zero-order chi connectivity index (χ0) is 12.3. The van der Waals surface area contributed by atoms with Crippen LogP contribution in [0.1, 0.15) is 6.92 Å². The fourth-order valence-corrected chi connectivity index (χ4v) is 1.40. The van der Waals surface area contributed by atoms with Crippen molar-refractivity contribution in [3.05, 3.63) is 29.3 Å². The van der Waals surface area contributed by atoms with Gasteiger partial charge in [-0.3, -0.25) is 0 Å². The molecule has 0 amide bonds. The lowest BCUT2D eigenvalue weighted by molar-refractivity contribution is 0.329. The molecule has 0 bridgehead atoms. The van der Waals surface area contributed by atoms with Crippen LogP contribution < -0.4 is 0 Å². The zero-order valence-corrected chi connectivity index (χ0v) is 9.85. The fraction of sp³-hybridized carbons (Fsp3) is 0.273. The summed E-state index contributed by atoms with van der Waals surface area (Å²) in [4.78, 5) is 3.87. The lowest BCUT2D eigenvalue weighted by atomic mass is 10.3. The lowest BCUT2D eigenvalue weighted by Gasteiger charge is -1.98. The Morgan fingerprint density at radius 1 is 1.59 bits per heavy atom. The van der Waals surface area contributed by atoms with Gasteiger partial charge in [-0.25, -0.2) is 0 Å². The second-order valence-electron chi connectivity index (χ2n) is 3.31. The Labute approximate surface area is 103 Å². The van der Waals surface area contributed by atoms with E-state index < -0.39 is 5.66 Å². The maximum absolute atomic E-state index is 8.96. The van der Waals surface area contributed by atoms with E-state index in [1.54, 1.807) is 24.3 Å². The van der Waals surface area contributed by atoms with E-state index in [-0.39, 0.29) is 0 Å². The minimum Gasteiger partial charge on any atom is -0.477 e. The molecular formula is C11H9ClN4O. The van der Waals surface area contributed by atoms with Gasteiger partial charge in [0, 0.05) is 5.02 Å². The first-order valence-electron chi connectivity index (χ1n) is 5.03. The summed E-state index contributed by atoms with van der Waals surface area (Å²) in [5.74, 6) is 0.313. The molecule has 2 rings (SSSR count). The number of rotatable bonds is 3. The third kappa shape index (κ3) is 2.43. The maximum atomic E-state index is 8.96. The molecule has 1 unspecified atom stereocenters. The van der Waals surface area contributed by atoms with Crippen LogP contribution in [-0.4, -0.2) is 18.2 Å². The molecular weight excluding hydrogens is 240 g/mol. The van der Waals surface area contributed by atoms with Crippen LogP contribution in [0.15, 0.2) is 39.5 Å². The highest BCUT2D eigenvalue weighted by Gasteiger charge is 2.52. The molecule has 0 N–H and O–H groups in total. The molecule has 17 heavy (non-hydrogen) atoms. The zero-order valence-electron chi connectivity index (χ0n) is 9.09. The van der Waals surface area contributed by atoms with Gasteiger partial charge in [-0.15, -0.1) is 5.11 Å². The molecule has 0 saturated carbocycles. The molecule has 6 heteroatoms. The molecule has 5 nitrogen and oxygen atoms in total. The summed E-state index contributed by atoms with van der Waals surface area (Å²) < 4.78 is 5.12. The minimum absolute atomic E-state index is 0.313. The largest absolute Gasteiger partial charge is 0.477 e. The van der Waals surface area contributed by atoms with Crippen LogP contribution >= 0.6 is 11.6 Å². The van der Waals surface area contributed by atoms with Crippen LogP contribution in [0.5, 0.6) is 0 Å². The Morgan fingerprint density at radius 2 is 2.41 bits per heavy atom. The fourth-order valence-electron chi connectivity index (χ4n) is 1.22. The molecule has 1 aromatic carbocycles. The van der Waals surface area contributed by atoms with Crippen LogP contribution in [0.2, 0.25) is 5.02 Å². The van der Waals surface area contributed by atoms with Gasteiger partial charge in [-0.1, -0.05) is 17.7 Å². The van der Waals surface area contributed by atoms with E-state index >= 15 is 0 Å². The van der Waals surface area contributed by atoms with Crippen molar-refractivity contribution < 1.29 is 4.74 Å². The van der Waals surface area contributed by atoms with Gasteiger partial charge in [-0.05, 0) is 25.1 Å². The molecule has 0 aliphatic carbocycles. The SMILES string of the molecule is CCOC1=NC1(C#N)N=Nc1cccc(Cl)c1. The van der Waals surface area contributed by atoms with Crippen molar-refractivity contribution in [3.63, 3.8) is 0 Å². The van der Waals surface area contributed by atoms with E-state index in [4.69, 9.17) is 21.6 Å². The van der Waals surface area contributed by atoms with Gasteiger partial charge >= 0.3 is 5.66 Å². The summed E-state index contributed by atoms with van der Waals surface area (Å²) in [6.45, 7) is 2.27. The predicted molar refractivity (Wildman–Crippen MR) is 63.4 cm³/mol. The first kappa shape index (κ1) is 11.6. The highest BCUT2D eigenvalue weighted by Crippen LogP contribution is 2.31. The van der Waals surface area contributed by atoms with E-state index in [2.05, 4.69) is 15.2 Å². The summed E-state index contributed by atoms with van der Waals surface area (Å²) in [5, 5.41) is 17.3.